The molecule has 0 saturated carbocycles. The number of ether oxygens (including phenoxy) is 1. The molecule has 5 nitrogen and oxygen atoms in total. The number of hydrogen-bond donors (Lipinski definition) is 1. The lowest BCUT2D eigenvalue weighted by Crippen LogP contribution is -2.34. The van der Waals surface area contributed by atoms with E-state index >= 15 is 0 Å². The van der Waals surface area contributed by atoms with E-state index < -0.39 is 0 Å². The first-order valence-electron chi connectivity index (χ1n) is 12.5. The van der Waals surface area contributed by atoms with Gasteiger partial charge in [-0.05, 0) is 68.1 Å². The summed E-state index contributed by atoms with van der Waals surface area (Å²) >= 11 is 0. The summed E-state index contributed by atoms with van der Waals surface area (Å²) in [5, 5.41) is 4.02. The second-order valence-corrected chi connectivity index (χ2v) is 9.69. The van der Waals surface area contributed by atoms with E-state index in [0.717, 1.165) is 54.0 Å². The van der Waals surface area contributed by atoms with Crippen LogP contribution in [0.1, 0.15) is 51.4 Å². The Morgan fingerprint density at radius 2 is 1.68 bits per heavy atom. The minimum Gasteiger partial charge on any atom is -0.494 e. The number of amides is 1. The molecule has 1 N–H and O–H groups in total. The normalized spacial score (nSPS) is 11.5. The lowest BCUT2D eigenvalue weighted by atomic mass is 10.0. The van der Waals surface area contributed by atoms with Crippen LogP contribution in [0, 0.1) is 11.8 Å². The van der Waals surface area contributed by atoms with E-state index in [0.29, 0.717) is 30.6 Å². The molecule has 0 radical (unpaired) electrons. The molecule has 0 saturated heterocycles. The monoisotopic (exact) mass is 461 g/mol. The van der Waals surface area contributed by atoms with Crippen LogP contribution in [0.3, 0.4) is 0 Å². The van der Waals surface area contributed by atoms with Crippen molar-refractivity contribution >= 4 is 16.8 Å². The molecule has 0 spiro atoms. The minimum absolute atomic E-state index is 0.0509. The highest BCUT2D eigenvalue weighted by molar-refractivity contribution is 6.07. The number of para-hydroxylation sites is 1. The summed E-state index contributed by atoms with van der Waals surface area (Å²) in [4.78, 5) is 20.5. The fourth-order valence-electron chi connectivity index (χ4n) is 4.29. The molecule has 0 aliphatic rings. The van der Waals surface area contributed by atoms with Gasteiger partial charge >= 0.3 is 0 Å². The van der Waals surface area contributed by atoms with Crippen LogP contribution in [0.2, 0.25) is 0 Å². The van der Waals surface area contributed by atoms with Crippen LogP contribution in [-0.4, -0.2) is 48.6 Å². The number of carbonyl (C=O) groups excluding carboxylic acids is 1. The lowest BCUT2D eigenvalue weighted by Gasteiger charge is -2.26. The quantitative estimate of drug-likeness (QED) is 0.334. The maximum absolute atomic E-state index is 13.2. The molecule has 0 fully saturated rings. The van der Waals surface area contributed by atoms with Crippen molar-refractivity contribution < 1.29 is 9.53 Å². The van der Waals surface area contributed by atoms with Crippen LogP contribution in [-0.2, 0) is 0 Å². The summed E-state index contributed by atoms with van der Waals surface area (Å²) in [6.45, 7) is 15.4. The molecule has 0 bridgehead atoms. The Labute approximate surface area is 204 Å². The van der Waals surface area contributed by atoms with Crippen molar-refractivity contribution in [2.24, 2.45) is 11.8 Å². The Hall–Kier alpha value is -2.92. The van der Waals surface area contributed by atoms with Crippen LogP contribution < -0.4 is 10.1 Å². The van der Waals surface area contributed by atoms with Crippen LogP contribution in [0.15, 0.2) is 54.6 Å². The first-order chi connectivity index (χ1) is 16.4. The third kappa shape index (κ3) is 7.29. The highest BCUT2D eigenvalue weighted by atomic mass is 16.5. The third-order valence-electron chi connectivity index (χ3n) is 5.61. The molecule has 0 unspecified atom stereocenters. The molecule has 5 heteroatoms. The second-order valence-electron chi connectivity index (χ2n) is 9.69. The molecule has 1 amide bonds. The van der Waals surface area contributed by atoms with Gasteiger partial charge in [0, 0.05) is 30.6 Å². The topological polar surface area (TPSA) is 54.5 Å². The van der Waals surface area contributed by atoms with E-state index in [1.54, 1.807) is 0 Å². The fraction of sp³-hybridized carbons (Fsp3) is 0.448. The summed E-state index contributed by atoms with van der Waals surface area (Å²) < 4.78 is 5.55. The molecule has 1 aromatic heterocycles. The van der Waals surface area contributed by atoms with Crippen molar-refractivity contribution in [1.29, 1.82) is 0 Å². The molecule has 3 aromatic rings. The molecular formula is C29H39N3O2. The van der Waals surface area contributed by atoms with Gasteiger partial charge in [-0.15, -0.1) is 0 Å². The highest BCUT2D eigenvalue weighted by Gasteiger charge is 2.15. The van der Waals surface area contributed by atoms with Gasteiger partial charge < -0.3 is 15.0 Å². The van der Waals surface area contributed by atoms with Gasteiger partial charge in [-0.2, -0.15) is 0 Å². The summed E-state index contributed by atoms with van der Waals surface area (Å²) in [5.41, 5.74) is 3.22. The maximum Gasteiger partial charge on any atom is 0.252 e. The average Bonchev–Trinajstić information content (AvgIpc) is 2.81. The van der Waals surface area contributed by atoms with Gasteiger partial charge in [-0.25, -0.2) is 4.98 Å². The number of nitrogens with zero attached hydrogens (tertiary/aromatic N) is 2. The summed E-state index contributed by atoms with van der Waals surface area (Å²) in [6.07, 6.45) is 0.930. The van der Waals surface area contributed by atoms with Crippen LogP contribution in [0.25, 0.3) is 22.2 Å². The second kappa shape index (κ2) is 12.5. The van der Waals surface area contributed by atoms with Crippen molar-refractivity contribution in [3.63, 3.8) is 0 Å². The van der Waals surface area contributed by atoms with Crippen LogP contribution >= 0.6 is 0 Å². The van der Waals surface area contributed by atoms with Crippen LogP contribution in [0.4, 0.5) is 0 Å². The van der Waals surface area contributed by atoms with Gasteiger partial charge in [0.05, 0.1) is 23.4 Å². The summed E-state index contributed by atoms with van der Waals surface area (Å²) in [6, 6.07) is 17.6. The molecule has 2 aromatic carbocycles. The van der Waals surface area contributed by atoms with E-state index in [1.807, 2.05) is 61.5 Å². The molecule has 0 atom stereocenters. The van der Waals surface area contributed by atoms with E-state index in [1.165, 1.54) is 0 Å². The SMILES string of the molecule is CCOc1ccc(-c2cc(C(=O)NCCCN(CC(C)C)CC(C)C)c3ccccc3n2)cc1. The standard InChI is InChI=1S/C29H39N3O2/c1-6-34-24-14-12-23(13-15-24)28-18-26(25-10-7-8-11-27(25)31-28)29(33)30-16-9-17-32(19-21(2)3)20-22(4)5/h7-8,10-15,18,21-22H,6,9,16-17,19-20H2,1-5H3,(H,30,33). The van der Waals surface area contributed by atoms with Gasteiger partial charge in [0.15, 0.2) is 0 Å². The maximum atomic E-state index is 13.2. The smallest absolute Gasteiger partial charge is 0.252 e. The number of benzene rings is 2. The zero-order valence-corrected chi connectivity index (χ0v) is 21.3. The number of fused-ring (bicyclic) bond motifs is 1. The molecule has 182 valence electrons. The predicted octanol–water partition coefficient (Wildman–Crippen LogP) is 6.03. The number of pyridine rings is 1. The molecule has 1 heterocycles. The summed E-state index contributed by atoms with van der Waals surface area (Å²) in [7, 11) is 0. The Kier molecular flexibility index (Phi) is 9.46. The van der Waals surface area contributed by atoms with E-state index in [9.17, 15) is 4.79 Å². The summed E-state index contributed by atoms with van der Waals surface area (Å²) in [5.74, 6) is 2.05. The fourth-order valence-corrected chi connectivity index (χ4v) is 4.29. The zero-order valence-electron chi connectivity index (χ0n) is 21.3. The Bertz CT molecular complexity index is 1050. The van der Waals surface area contributed by atoms with Crippen molar-refractivity contribution in [2.75, 3.05) is 32.8 Å². The van der Waals surface area contributed by atoms with E-state index in [2.05, 4.69) is 37.9 Å². The van der Waals surface area contributed by atoms with E-state index in [4.69, 9.17) is 9.72 Å². The predicted molar refractivity (Wildman–Crippen MR) is 141 cm³/mol. The largest absolute Gasteiger partial charge is 0.494 e. The number of nitrogens with one attached hydrogen (secondary N) is 1. The molecule has 34 heavy (non-hydrogen) atoms. The van der Waals surface area contributed by atoms with E-state index in [-0.39, 0.29) is 5.91 Å². The van der Waals surface area contributed by atoms with Crippen LogP contribution in [0.5, 0.6) is 5.75 Å². The van der Waals surface area contributed by atoms with Gasteiger partial charge in [0.2, 0.25) is 0 Å². The molecule has 0 aliphatic carbocycles. The molecular weight excluding hydrogens is 422 g/mol. The lowest BCUT2D eigenvalue weighted by molar-refractivity contribution is 0.0952. The van der Waals surface area contributed by atoms with Gasteiger partial charge in [-0.1, -0.05) is 45.9 Å². The Balaban J connectivity index is 1.73. The van der Waals surface area contributed by atoms with Crippen molar-refractivity contribution in [3.8, 4) is 17.0 Å². The van der Waals surface area contributed by atoms with Crippen molar-refractivity contribution in [2.45, 2.75) is 41.0 Å². The Morgan fingerprint density at radius 1 is 1.00 bits per heavy atom. The highest BCUT2D eigenvalue weighted by Crippen LogP contribution is 2.26. The van der Waals surface area contributed by atoms with Gasteiger partial charge in [0.1, 0.15) is 5.75 Å². The first-order valence-corrected chi connectivity index (χ1v) is 12.5. The number of aromatic nitrogens is 1. The molecule has 0 aliphatic heterocycles. The van der Waals surface area contributed by atoms with Gasteiger partial charge in [-0.3, -0.25) is 4.79 Å². The average molecular weight is 462 g/mol. The van der Waals surface area contributed by atoms with Crippen molar-refractivity contribution in [1.82, 2.24) is 15.2 Å². The first kappa shape index (κ1) is 25.7. The molecule has 3 rings (SSSR count). The minimum atomic E-state index is -0.0509. The number of rotatable bonds is 12. The number of carbonyl (C=O) groups is 1. The zero-order chi connectivity index (χ0) is 24.5. The number of hydrogen-bond acceptors (Lipinski definition) is 4. The van der Waals surface area contributed by atoms with Gasteiger partial charge in [0.25, 0.3) is 5.91 Å². The van der Waals surface area contributed by atoms with Crippen molar-refractivity contribution in [3.05, 3.63) is 60.2 Å². The Morgan fingerprint density at radius 3 is 2.32 bits per heavy atom. The third-order valence-corrected chi connectivity index (χ3v) is 5.61.